The van der Waals surface area contributed by atoms with E-state index in [4.69, 9.17) is 14.2 Å². The van der Waals surface area contributed by atoms with Crippen LogP contribution in [0.25, 0.3) is 0 Å². The van der Waals surface area contributed by atoms with Crippen molar-refractivity contribution in [3.8, 4) is 0 Å². The Kier molecular flexibility index (Phi) is 66.2. The van der Waals surface area contributed by atoms with Crippen LogP contribution in [0.5, 0.6) is 0 Å². The molecule has 0 spiro atoms. The summed E-state index contributed by atoms with van der Waals surface area (Å²) in [6.07, 6.45) is 91.9. The molecule has 6 heteroatoms. The first kappa shape index (κ1) is 77.6. The highest BCUT2D eigenvalue weighted by atomic mass is 16.6. The van der Waals surface area contributed by atoms with Gasteiger partial charge in [0.05, 0.1) is 0 Å². The first-order valence-corrected chi connectivity index (χ1v) is 35.1. The molecule has 0 rings (SSSR count). The summed E-state index contributed by atoms with van der Waals surface area (Å²) in [4.78, 5) is 38.4. The van der Waals surface area contributed by atoms with Gasteiger partial charge in [0.25, 0.3) is 0 Å². The van der Waals surface area contributed by atoms with Crippen LogP contribution in [0.3, 0.4) is 0 Å². The highest BCUT2D eigenvalue weighted by Crippen LogP contribution is 2.18. The van der Waals surface area contributed by atoms with Gasteiger partial charge in [-0.1, -0.05) is 331 Å². The van der Waals surface area contributed by atoms with Gasteiger partial charge in [-0.3, -0.25) is 14.4 Å². The molecule has 81 heavy (non-hydrogen) atoms. The van der Waals surface area contributed by atoms with Crippen molar-refractivity contribution < 1.29 is 28.6 Å². The second-order valence-corrected chi connectivity index (χ2v) is 23.4. The molecule has 0 amide bonds. The van der Waals surface area contributed by atoms with Gasteiger partial charge in [-0.25, -0.2) is 0 Å². The number of rotatable bonds is 64. The van der Waals surface area contributed by atoms with Gasteiger partial charge in [-0.05, 0) is 89.9 Å². The molecule has 0 bridgehead atoms. The fourth-order valence-corrected chi connectivity index (χ4v) is 10.1. The minimum atomic E-state index is -0.788. The first-order valence-electron chi connectivity index (χ1n) is 35.1. The lowest BCUT2D eigenvalue weighted by Crippen LogP contribution is -2.30. The summed E-state index contributed by atoms with van der Waals surface area (Å²) in [5, 5.41) is 0. The van der Waals surface area contributed by atoms with Crippen molar-refractivity contribution in [2.45, 2.75) is 361 Å². The van der Waals surface area contributed by atoms with E-state index in [0.29, 0.717) is 19.3 Å². The van der Waals surface area contributed by atoms with Gasteiger partial charge >= 0.3 is 17.9 Å². The number of allylic oxidation sites excluding steroid dienone is 14. The highest BCUT2D eigenvalue weighted by Gasteiger charge is 2.19. The maximum atomic E-state index is 12.9. The van der Waals surface area contributed by atoms with Crippen LogP contribution < -0.4 is 0 Å². The van der Waals surface area contributed by atoms with Gasteiger partial charge in [0.15, 0.2) is 6.10 Å². The summed E-state index contributed by atoms with van der Waals surface area (Å²) in [6, 6.07) is 0. The Labute approximate surface area is 503 Å². The van der Waals surface area contributed by atoms with Crippen molar-refractivity contribution in [2.24, 2.45) is 0 Å². The summed E-state index contributed by atoms with van der Waals surface area (Å²) in [7, 11) is 0. The number of carbonyl (C=O) groups excluding carboxylic acids is 3. The third kappa shape index (κ3) is 67.3. The number of hydrogen-bond donors (Lipinski definition) is 0. The van der Waals surface area contributed by atoms with E-state index in [9.17, 15) is 14.4 Å². The van der Waals surface area contributed by atoms with E-state index < -0.39 is 6.10 Å². The van der Waals surface area contributed by atoms with Crippen molar-refractivity contribution in [1.82, 2.24) is 0 Å². The molecule has 0 saturated carbocycles. The second kappa shape index (κ2) is 69.1. The Morgan fingerprint density at radius 3 is 0.802 bits per heavy atom. The van der Waals surface area contributed by atoms with Crippen molar-refractivity contribution >= 4 is 17.9 Å². The molecular formula is C75H132O6. The monoisotopic (exact) mass is 1130 g/mol. The third-order valence-electron chi connectivity index (χ3n) is 15.4. The molecule has 0 N–H and O–H groups in total. The summed E-state index contributed by atoms with van der Waals surface area (Å²) < 4.78 is 16.9. The zero-order valence-corrected chi connectivity index (χ0v) is 53.8. The van der Waals surface area contributed by atoms with Crippen LogP contribution in [0, 0.1) is 0 Å². The van der Waals surface area contributed by atoms with Crippen LogP contribution in [0.4, 0.5) is 0 Å². The number of ether oxygens (including phenoxy) is 3. The lowest BCUT2D eigenvalue weighted by Gasteiger charge is -2.18. The minimum Gasteiger partial charge on any atom is -0.462 e. The Hall–Kier alpha value is -3.41. The fraction of sp³-hybridized carbons (Fsp3) is 0.773. The van der Waals surface area contributed by atoms with Crippen LogP contribution in [0.15, 0.2) is 85.1 Å². The molecule has 0 fully saturated rings. The first-order chi connectivity index (χ1) is 40.0. The van der Waals surface area contributed by atoms with Crippen molar-refractivity contribution in [3.05, 3.63) is 85.1 Å². The quantitative estimate of drug-likeness (QED) is 0.0261. The molecule has 0 aromatic carbocycles. The molecule has 468 valence electrons. The minimum absolute atomic E-state index is 0.0823. The van der Waals surface area contributed by atoms with E-state index in [2.05, 4.69) is 106 Å². The molecule has 0 radical (unpaired) electrons. The maximum absolute atomic E-state index is 12.9. The zero-order chi connectivity index (χ0) is 58.5. The topological polar surface area (TPSA) is 78.9 Å². The normalized spacial score (nSPS) is 12.6. The molecule has 0 aromatic heterocycles. The molecule has 6 nitrogen and oxygen atoms in total. The molecular weight excluding hydrogens is 997 g/mol. The molecule has 0 saturated heterocycles. The van der Waals surface area contributed by atoms with Crippen LogP contribution >= 0.6 is 0 Å². The Balaban J connectivity index is 4.24. The van der Waals surface area contributed by atoms with Gasteiger partial charge in [0.2, 0.25) is 0 Å². The Morgan fingerprint density at radius 1 is 0.259 bits per heavy atom. The van der Waals surface area contributed by atoms with Gasteiger partial charge in [0, 0.05) is 19.3 Å². The fourth-order valence-electron chi connectivity index (χ4n) is 10.1. The summed E-state index contributed by atoms with van der Waals surface area (Å²) in [5.41, 5.74) is 0. The standard InChI is InChI=1S/C75H132O6/c1-4-7-10-13-16-19-22-24-26-28-30-32-34-36-37-39-40-42-44-46-48-50-53-56-59-62-65-68-74(77)80-71-72(70-79-73(76)67-64-61-58-55-52-21-18-15-12-9-6-3)81-75(78)69-66-63-60-57-54-51-49-47-45-43-41-38-35-33-31-29-27-25-23-20-17-14-11-8-5-2/h8,11,15,17-18,20,25,27,31,33,38,41,45,47,72H,4-7,9-10,12-14,16,19,21-24,26,28-30,32,34-37,39-40,42-44,46,48-71H2,1-3H3/b11-8-,18-15-,20-17-,27-25-,33-31-,41-38-,47-45-. The molecule has 1 unspecified atom stereocenters. The maximum Gasteiger partial charge on any atom is 0.306 e. The molecule has 1 atom stereocenters. The Morgan fingerprint density at radius 2 is 0.494 bits per heavy atom. The lowest BCUT2D eigenvalue weighted by molar-refractivity contribution is -0.167. The number of unbranched alkanes of at least 4 members (excludes halogenated alkanes) is 39. The van der Waals surface area contributed by atoms with Crippen LogP contribution in [0.2, 0.25) is 0 Å². The zero-order valence-electron chi connectivity index (χ0n) is 53.8. The van der Waals surface area contributed by atoms with E-state index in [-0.39, 0.29) is 31.1 Å². The van der Waals surface area contributed by atoms with Crippen LogP contribution in [-0.4, -0.2) is 37.2 Å². The van der Waals surface area contributed by atoms with Crippen LogP contribution in [-0.2, 0) is 28.6 Å². The van der Waals surface area contributed by atoms with Crippen molar-refractivity contribution in [3.63, 3.8) is 0 Å². The lowest BCUT2D eigenvalue weighted by atomic mass is 10.0. The summed E-state index contributed by atoms with van der Waals surface area (Å²) in [6.45, 7) is 6.52. The van der Waals surface area contributed by atoms with Crippen molar-refractivity contribution in [1.29, 1.82) is 0 Å². The average molecular weight is 1130 g/mol. The predicted octanol–water partition coefficient (Wildman–Crippen LogP) is 24.2. The van der Waals surface area contributed by atoms with Crippen molar-refractivity contribution in [2.75, 3.05) is 13.2 Å². The van der Waals surface area contributed by atoms with E-state index in [0.717, 1.165) is 116 Å². The van der Waals surface area contributed by atoms with Crippen LogP contribution in [0.1, 0.15) is 355 Å². The van der Waals surface area contributed by atoms with Gasteiger partial charge in [-0.15, -0.1) is 0 Å². The molecule has 0 aliphatic heterocycles. The van der Waals surface area contributed by atoms with E-state index in [1.807, 2.05) is 0 Å². The molecule has 0 aliphatic rings. The summed E-state index contributed by atoms with van der Waals surface area (Å²) >= 11 is 0. The predicted molar refractivity (Wildman–Crippen MR) is 353 cm³/mol. The molecule has 0 aliphatic carbocycles. The third-order valence-corrected chi connectivity index (χ3v) is 15.4. The molecule has 0 heterocycles. The van der Waals surface area contributed by atoms with Gasteiger partial charge in [0.1, 0.15) is 13.2 Å². The average Bonchev–Trinajstić information content (AvgIpc) is 3.47. The Bertz CT molecular complexity index is 1530. The summed E-state index contributed by atoms with van der Waals surface area (Å²) in [5.74, 6) is -0.891. The SMILES string of the molecule is CC/C=C\C/C=C\C/C=C\C/C=C\C/C=C\C/C=C\CCCCCCCCC(=O)OC(COC(=O)CCCCCCC/C=C\CCCC)COC(=O)CCCCCCCCCCCCCCCCCCCCCCCCCCCCC. The van der Waals surface area contributed by atoms with Gasteiger partial charge < -0.3 is 14.2 Å². The largest absolute Gasteiger partial charge is 0.462 e. The van der Waals surface area contributed by atoms with E-state index in [1.54, 1.807) is 0 Å². The smallest absolute Gasteiger partial charge is 0.306 e. The number of carbonyl (C=O) groups is 3. The molecule has 0 aromatic rings. The number of esters is 3. The second-order valence-electron chi connectivity index (χ2n) is 23.4. The highest BCUT2D eigenvalue weighted by molar-refractivity contribution is 5.71. The van der Waals surface area contributed by atoms with E-state index in [1.165, 1.54) is 199 Å². The number of hydrogen-bond acceptors (Lipinski definition) is 6. The van der Waals surface area contributed by atoms with Gasteiger partial charge in [-0.2, -0.15) is 0 Å². The van der Waals surface area contributed by atoms with E-state index >= 15 is 0 Å².